The molecule has 0 aliphatic heterocycles. The van der Waals surface area contributed by atoms with Crippen molar-refractivity contribution in [3.8, 4) is 16.9 Å². The van der Waals surface area contributed by atoms with E-state index < -0.39 is 0 Å². The Morgan fingerprint density at radius 2 is 1.89 bits per heavy atom. The van der Waals surface area contributed by atoms with Gasteiger partial charge in [-0.1, -0.05) is 48.5 Å². The summed E-state index contributed by atoms with van der Waals surface area (Å²) in [5.74, 6) is 0.844. The molecule has 0 saturated heterocycles. The van der Waals surface area contributed by atoms with Crippen molar-refractivity contribution in [1.29, 1.82) is 0 Å². The topological polar surface area (TPSA) is 9.23 Å². The molecule has 0 saturated carbocycles. The second kappa shape index (κ2) is 5.28. The van der Waals surface area contributed by atoms with E-state index >= 15 is 0 Å². The highest BCUT2D eigenvalue weighted by atomic mass is 35.5. The molecule has 18 heavy (non-hydrogen) atoms. The SMILES string of the molecule is C=C(C)c1ccc(-c2ccccc2OC)cc1Cl. The number of hydrogen-bond acceptors (Lipinski definition) is 1. The second-order valence-electron chi connectivity index (χ2n) is 4.18. The van der Waals surface area contributed by atoms with Gasteiger partial charge in [0, 0.05) is 10.6 Å². The third kappa shape index (κ3) is 2.41. The zero-order valence-corrected chi connectivity index (χ0v) is 11.3. The van der Waals surface area contributed by atoms with Gasteiger partial charge in [-0.15, -0.1) is 0 Å². The quantitative estimate of drug-likeness (QED) is 0.749. The predicted molar refractivity (Wildman–Crippen MR) is 78.1 cm³/mol. The summed E-state index contributed by atoms with van der Waals surface area (Å²) in [6.07, 6.45) is 0. The zero-order chi connectivity index (χ0) is 13.1. The van der Waals surface area contributed by atoms with Crippen molar-refractivity contribution in [2.75, 3.05) is 7.11 Å². The van der Waals surface area contributed by atoms with Gasteiger partial charge in [0.2, 0.25) is 0 Å². The third-order valence-corrected chi connectivity index (χ3v) is 3.16. The van der Waals surface area contributed by atoms with Gasteiger partial charge in [-0.3, -0.25) is 0 Å². The van der Waals surface area contributed by atoms with Crippen LogP contribution >= 0.6 is 11.6 Å². The predicted octanol–water partition coefficient (Wildman–Crippen LogP) is 5.05. The first-order valence-corrected chi connectivity index (χ1v) is 6.10. The lowest BCUT2D eigenvalue weighted by molar-refractivity contribution is 0.416. The minimum atomic E-state index is 0.714. The number of ether oxygens (including phenoxy) is 1. The molecule has 0 amide bonds. The van der Waals surface area contributed by atoms with Crippen LogP contribution in [0.3, 0.4) is 0 Å². The van der Waals surface area contributed by atoms with Crippen LogP contribution in [-0.4, -0.2) is 7.11 Å². The van der Waals surface area contributed by atoms with Gasteiger partial charge in [0.05, 0.1) is 7.11 Å². The van der Waals surface area contributed by atoms with E-state index in [4.69, 9.17) is 16.3 Å². The van der Waals surface area contributed by atoms with Crippen LogP contribution in [0.5, 0.6) is 5.75 Å². The first kappa shape index (κ1) is 12.7. The van der Waals surface area contributed by atoms with Crippen LogP contribution < -0.4 is 4.74 Å². The number of allylic oxidation sites excluding steroid dienone is 1. The van der Waals surface area contributed by atoms with Crippen molar-refractivity contribution in [2.45, 2.75) is 6.92 Å². The smallest absolute Gasteiger partial charge is 0.126 e. The van der Waals surface area contributed by atoms with E-state index in [2.05, 4.69) is 6.58 Å². The van der Waals surface area contributed by atoms with Gasteiger partial charge >= 0.3 is 0 Å². The molecule has 0 bridgehead atoms. The minimum absolute atomic E-state index is 0.714. The molecule has 0 spiro atoms. The Morgan fingerprint density at radius 3 is 2.50 bits per heavy atom. The summed E-state index contributed by atoms with van der Waals surface area (Å²) in [5, 5.41) is 0.714. The molecular weight excluding hydrogens is 244 g/mol. The molecule has 0 N–H and O–H groups in total. The zero-order valence-electron chi connectivity index (χ0n) is 10.5. The van der Waals surface area contributed by atoms with Gasteiger partial charge in [0.15, 0.2) is 0 Å². The normalized spacial score (nSPS) is 10.2. The van der Waals surface area contributed by atoms with E-state index in [9.17, 15) is 0 Å². The molecular formula is C16H15ClO. The summed E-state index contributed by atoms with van der Waals surface area (Å²) in [6.45, 7) is 5.86. The summed E-state index contributed by atoms with van der Waals surface area (Å²) >= 11 is 6.27. The standard InChI is InChI=1S/C16H15ClO/c1-11(2)13-9-8-12(10-15(13)17)14-6-4-5-7-16(14)18-3/h4-10H,1H2,2-3H3. The molecule has 0 radical (unpaired) electrons. The highest BCUT2D eigenvalue weighted by Gasteiger charge is 2.07. The van der Waals surface area contributed by atoms with Crippen LogP contribution in [0.2, 0.25) is 5.02 Å². The minimum Gasteiger partial charge on any atom is -0.496 e. The summed E-state index contributed by atoms with van der Waals surface area (Å²) in [7, 11) is 1.67. The van der Waals surface area contributed by atoms with Crippen LogP contribution in [-0.2, 0) is 0 Å². The first-order chi connectivity index (χ1) is 8.63. The fourth-order valence-corrected chi connectivity index (χ4v) is 2.25. The third-order valence-electron chi connectivity index (χ3n) is 2.85. The van der Waals surface area contributed by atoms with E-state index in [0.717, 1.165) is 28.0 Å². The lowest BCUT2D eigenvalue weighted by Gasteiger charge is -2.10. The fourth-order valence-electron chi connectivity index (χ4n) is 1.91. The second-order valence-corrected chi connectivity index (χ2v) is 4.58. The molecule has 2 heteroatoms. The maximum absolute atomic E-state index is 6.27. The summed E-state index contributed by atoms with van der Waals surface area (Å²) in [4.78, 5) is 0. The summed E-state index contributed by atoms with van der Waals surface area (Å²) < 4.78 is 5.36. The maximum Gasteiger partial charge on any atom is 0.126 e. The van der Waals surface area contributed by atoms with Crippen LogP contribution in [0.25, 0.3) is 16.7 Å². The van der Waals surface area contributed by atoms with Gasteiger partial charge in [0.1, 0.15) is 5.75 Å². The summed E-state index contributed by atoms with van der Waals surface area (Å²) in [5.41, 5.74) is 4.03. The average Bonchev–Trinajstić information content (AvgIpc) is 2.38. The largest absolute Gasteiger partial charge is 0.496 e. The fraction of sp³-hybridized carbons (Fsp3) is 0.125. The Balaban J connectivity index is 2.52. The van der Waals surface area contributed by atoms with Crippen LogP contribution in [0.15, 0.2) is 49.0 Å². The van der Waals surface area contributed by atoms with Gasteiger partial charge in [-0.05, 0) is 35.8 Å². The number of halogens is 1. The molecule has 92 valence electrons. The Kier molecular flexibility index (Phi) is 3.73. The molecule has 2 aromatic rings. The van der Waals surface area contributed by atoms with Crippen molar-refractivity contribution in [1.82, 2.24) is 0 Å². The Hall–Kier alpha value is -1.73. The van der Waals surface area contributed by atoms with Crippen molar-refractivity contribution < 1.29 is 4.74 Å². The maximum atomic E-state index is 6.27. The molecule has 1 nitrogen and oxygen atoms in total. The van der Waals surface area contributed by atoms with E-state index in [1.54, 1.807) is 7.11 Å². The molecule has 0 heterocycles. The lowest BCUT2D eigenvalue weighted by Crippen LogP contribution is -1.88. The van der Waals surface area contributed by atoms with Crippen LogP contribution in [0.1, 0.15) is 12.5 Å². The monoisotopic (exact) mass is 258 g/mol. The molecule has 0 atom stereocenters. The number of rotatable bonds is 3. The number of benzene rings is 2. The highest BCUT2D eigenvalue weighted by Crippen LogP contribution is 2.33. The number of methoxy groups -OCH3 is 1. The lowest BCUT2D eigenvalue weighted by atomic mass is 10.0. The van der Waals surface area contributed by atoms with Crippen molar-refractivity contribution in [2.24, 2.45) is 0 Å². The molecule has 0 unspecified atom stereocenters. The molecule has 2 rings (SSSR count). The van der Waals surface area contributed by atoms with Gasteiger partial charge < -0.3 is 4.74 Å². The van der Waals surface area contributed by atoms with Crippen LogP contribution in [0, 0.1) is 0 Å². The Labute approximate surface area is 113 Å². The molecule has 0 aliphatic rings. The van der Waals surface area contributed by atoms with Crippen molar-refractivity contribution >= 4 is 17.2 Å². The van der Waals surface area contributed by atoms with Gasteiger partial charge in [-0.2, -0.15) is 0 Å². The summed E-state index contributed by atoms with van der Waals surface area (Å²) in [6, 6.07) is 13.9. The van der Waals surface area contributed by atoms with E-state index in [1.165, 1.54) is 0 Å². The Bertz CT molecular complexity index is 587. The average molecular weight is 259 g/mol. The number of hydrogen-bond donors (Lipinski definition) is 0. The highest BCUT2D eigenvalue weighted by molar-refractivity contribution is 6.32. The number of para-hydroxylation sites is 1. The van der Waals surface area contributed by atoms with Crippen molar-refractivity contribution in [3.63, 3.8) is 0 Å². The van der Waals surface area contributed by atoms with E-state index in [1.807, 2.05) is 49.4 Å². The molecule has 2 aromatic carbocycles. The van der Waals surface area contributed by atoms with Gasteiger partial charge in [-0.25, -0.2) is 0 Å². The van der Waals surface area contributed by atoms with Crippen LogP contribution in [0.4, 0.5) is 0 Å². The van der Waals surface area contributed by atoms with E-state index in [0.29, 0.717) is 5.02 Å². The molecule has 0 fully saturated rings. The van der Waals surface area contributed by atoms with Crippen molar-refractivity contribution in [3.05, 3.63) is 59.6 Å². The molecule has 0 aliphatic carbocycles. The molecule has 0 aromatic heterocycles. The van der Waals surface area contributed by atoms with E-state index in [-0.39, 0.29) is 0 Å². The van der Waals surface area contributed by atoms with Gasteiger partial charge in [0.25, 0.3) is 0 Å². The Morgan fingerprint density at radius 1 is 1.17 bits per heavy atom. The first-order valence-electron chi connectivity index (χ1n) is 5.72.